The van der Waals surface area contributed by atoms with Crippen LogP contribution in [0.15, 0.2) is 97.1 Å². The van der Waals surface area contributed by atoms with Crippen LogP contribution in [0.4, 0.5) is 5.69 Å². The van der Waals surface area contributed by atoms with Gasteiger partial charge in [0, 0.05) is 31.4 Å². The van der Waals surface area contributed by atoms with E-state index in [0.29, 0.717) is 37.0 Å². The number of hydrogen-bond donors (Lipinski definition) is 3. The Labute approximate surface area is 231 Å². The van der Waals surface area contributed by atoms with E-state index in [-0.39, 0.29) is 6.61 Å². The molecule has 0 fully saturated rings. The Morgan fingerprint density at radius 3 is 1.92 bits per heavy atom. The molecular formula is C33H38N2O4. The number of aryl methyl sites for hydroxylation is 2. The van der Waals surface area contributed by atoms with Gasteiger partial charge in [0.25, 0.3) is 0 Å². The van der Waals surface area contributed by atoms with Crippen LogP contribution in [0.5, 0.6) is 17.2 Å². The van der Waals surface area contributed by atoms with E-state index in [9.17, 15) is 5.11 Å². The Hall–Kier alpha value is -4.00. The maximum absolute atomic E-state index is 10.4. The first-order chi connectivity index (χ1) is 19.1. The minimum Gasteiger partial charge on any atom is -0.491 e. The fraction of sp³-hybridized carbons (Fsp3) is 0.273. The Bertz CT molecular complexity index is 1260. The van der Waals surface area contributed by atoms with Crippen molar-refractivity contribution in [3.05, 3.63) is 119 Å². The van der Waals surface area contributed by atoms with Gasteiger partial charge in [-0.15, -0.1) is 0 Å². The normalized spacial score (nSPS) is 11.6. The summed E-state index contributed by atoms with van der Waals surface area (Å²) in [6.07, 6.45) is -0.645. The highest BCUT2D eigenvalue weighted by Crippen LogP contribution is 2.33. The van der Waals surface area contributed by atoms with Crippen LogP contribution >= 0.6 is 0 Å². The van der Waals surface area contributed by atoms with Gasteiger partial charge in [-0.25, -0.2) is 0 Å². The third-order valence-corrected chi connectivity index (χ3v) is 6.30. The van der Waals surface area contributed by atoms with Crippen molar-refractivity contribution in [3.63, 3.8) is 0 Å². The molecular weight excluding hydrogens is 488 g/mol. The lowest BCUT2D eigenvalue weighted by molar-refractivity contribution is 0.106. The summed E-state index contributed by atoms with van der Waals surface area (Å²) in [5.41, 5.74) is 5.77. The van der Waals surface area contributed by atoms with E-state index in [1.165, 1.54) is 16.8 Å². The third-order valence-electron chi connectivity index (χ3n) is 6.30. The topological polar surface area (TPSA) is 72.0 Å². The van der Waals surface area contributed by atoms with Crippen molar-refractivity contribution in [2.45, 2.75) is 33.2 Å². The summed E-state index contributed by atoms with van der Waals surface area (Å²) in [5.74, 6) is 1.85. The van der Waals surface area contributed by atoms with Gasteiger partial charge in [0.1, 0.15) is 31.7 Å². The van der Waals surface area contributed by atoms with Gasteiger partial charge in [0.2, 0.25) is 0 Å². The van der Waals surface area contributed by atoms with E-state index in [1.54, 1.807) is 0 Å². The SMILES string of the molecule is Cc1cccc(C)c1NCCNCC(O)COc1ccc(OCc2ccccc2)c(OCc2ccccc2)c1. The molecule has 1 unspecified atom stereocenters. The van der Waals surface area contributed by atoms with Gasteiger partial charge in [-0.05, 0) is 48.2 Å². The van der Waals surface area contributed by atoms with Crippen LogP contribution in [0.1, 0.15) is 22.3 Å². The molecule has 4 aromatic rings. The molecule has 0 heterocycles. The van der Waals surface area contributed by atoms with E-state index in [2.05, 4.69) is 42.7 Å². The highest BCUT2D eigenvalue weighted by molar-refractivity contribution is 5.56. The number of anilines is 1. The zero-order chi connectivity index (χ0) is 27.3. The number of aliphatic hydroxyl groups excluding tert-OH is 1. The molecule has 6 nitrogen and oxygen atoms in total. The number of nitrogens with one attached hydrogen (secondary N) is 2. The average molecular weight is 527 g/mol. The number of ether oxygens (including phenoxy) is 3. The molecule has 4 aromatic carbocycles. The molecule has 0 aliphatic rings. The molecule has 1 atom stereocenters. The first-order valence-corrected chi connectivity index (χ1v) is 13.4. The van der Waals surface area contributed by atoms with Gasteiger partial charge in [-0.2, -0.15) is 0 Å². The summed E-state index contributed by atoms with van der Waals surface area (Å²) in [7, 11) is 0. The highest BCUT2D eigenvalue weighted by atomic mass is 16.5. The molecule has 6 heteroatoms. The van der Waals surface area contributed by atoms with Crippen molar-refractivity contribution >= 4 is 5.69 Å². The Kier molecular flexibility index (Phi) is 10.6. The summed E-state index contributed by atoms with van der Waals surface area (Å²) in [6, 6.07) is 31.8. The zero-order valence-electron chi connectivity index (χ0n) is 22.7. The van der Waals surface area contributed by atoms with Crippen LogP contribution in [0.25, 0.3) is 0 Å². The van der Waals surface area contributed by atoms with Crippen LogP contribution in [0, 0.1) is 13.8 Å². The molecule has 3 N–H and O–H groups in total. The first-order valence-electron chi connectivity index (χ1n) is 13.4. The van der Waals surface area contributed by atoms with Crippen molar-refractivity contribution in [1.82, 2.24) is 5.32 Å². The lowest BCUT2D eigenvalue weighted by Gasteiger charge is -2.17. The third kappa shape index (κ3) is 9.06. The minimum absolute atomic E-state index is 0.166. The molecule has 0 amide bonds. The molecule has 4 rings (SSSR count). The second kappa shape index (κ2) is 14.8. The quantitative estimate of drug-likeness (QED) is 0.168. The lowest BCUT2D eigenvalue weighted by atomic mass is 10.1. The van der Waals surface area contributed by atoms with E-state index in [1.807, 2.05) is 78.9 Å². The predicted molar refractivity (Wildman–Crippen MR) is 157 cm³/mol. The number of hydrogen-bond acceptors (Lipinski definition) is 6. The number of benzene rings is 4. The second-order valence-corrected chi connectivity index (χ2v) is 9.52. The van der Waals surface area contributed by atoms with Crippen LogP contribution in [0.3, 0.4) is 0 Å². The number of rotatable bonds is 15. The van der Waals surface area contributed by atoms with Crippen molar-refractivity contribution in [1.29, 1.82) is 0 Å². The van der Waals surface area contributed by atoms with Crippen LogP contribution in [0.2, 0.25) is 0 Å². The average Bonchev–Trinajstić information content (AvgIpc) is 2.96. The standard InChI is InChI=1S/C33H38N2O4/c1-25-10-9-11-26(2)33(25)35-19-18-34-21-29(36)24-37-30-16-17-31(38-22-27-12-5-3-6-13-27)32(20-30)39-23-28-14-7-4-8-15-28/h3-17,20,29,34-36H,18-19,21-24H2,1-2H3. The summed E-state index contributed by atoms with van der Waals surface area (Å²) in [6.45, 7) is 7.15. The number of aliphatic hydroxyl groups is 1. The maximum Gasteiger partial charge on any atom is 0.165 e. The summed E-state index contributed by atoms with van der Waals surface area (Å²) < 4.78 is 18.1. The molecule has 0 bridgehead atoms. The van der Waals surface area contributed by atoms with Gasteiger partial charge < -0.3 is 30.0 Å². The second-order valence-electron chi connectivity index (χ2n) is 9.52. The summed E-state index contributed by atoms with van der Waals surface area (Å²) >= 11 is 0. The molecule has 0 aliphatic heterocycles. The van der Waals surface area contributed by atoms with Crippen LogP contribution < -0.4 is 24.8 Å². The van der Waals surface area contributed by atoms with E-state index >= 15 is 0 Å². The molecule has 0 saturated heterocycles. The Balaban J connectivity index is 1.27. The molecule has 0 saturated carbocycles. The first kappa shape index (κ1) is 28.0. The molecule has 39 heavy (non-hydrogen) atoms. The summed E-state index contributed by atoms with van der Waals surface area (Å²) in [5, 5.41) is 17.2. The van der Waals surface area contributed by atoms with Gasteiger partial charge in [-0.3, -0.25) is 0 Å². The monoisotopic (exact) mass is 526 g/mol. The highest BCUT2D eigenvalue weighted by Gasteiger charge is 2.11. The summed E-state index contributed by atoms with van der Waals surface area (Å²) in [4.78, 5) is 0. The molecule has 0 radical (unpaired) electrons. The van der Waals surface area contributed by atoms with Gasteiger partial charge in [0.05, 0.1) is 0 Å². The number of para-hydroxylation sites is 1. The van der Waals surface area contributed by atoms with E-state index in [0.717, 1.165) is 24.2 Å². The van der Waals surface area contributed by atoms with Gasteiger partial charge in [-0.1, -0.05) is 78.9 Å². The smallest absolute Gasteiger partial charge is 0.165 e. The van der Waals surface area contributed by atoms with Crippen molar-refractivity contribution in [3.8, 4) is 17.2 Å². The fourth-order valence-corrected chi connectivity index (χ4v) is 4.17. The molecule has 0 aliphatic carbocycles. The molecule has 0 aromatic heterocycles. The van der Waals surface area contributed by atoms with E-state index in [4.69, 9.17) is 14.2 Å². The zero-order valence-corrected chi connectivity index (χ0v) is 22.7. The lowest BCUT2D eigenvalue weighted by Crippen LogP contribution is -2.34. The molecule has 204 valence electrons. The van der Waals surface area contributed by atoms with Crippen molar-refractivity contribution in [2.75, 3.05) is 31.6 Å². The predicted octanol–water partition coefficient (Wildman–Crippen LogP) is 5.90. The Morgan fingerprint density at radius 2 is 1.28 bits per heavy atom. The van der Waals surface area contributed by atoms with Gasteiger partial charge >= 0.3 is 0 Å². The minimum atomic E-state index is -0.645. The van der Waals surface area contributed by atoms with Gasteiger partial charge in [0.15, 0.2) is 11.5 Å². The van der Waals surface area contributed by atoms with Crippen LogP contribution in [-0.2, 0) is 13.2 Å². The van der Waals surface area contributed by atoms with Crippen molar-refractivity contribution in [2.24, 2.45) is 0 Å². The van der Waals surface area contributed by atoms with Crippen molar-refractivity contribution < 1.29 is 19.3 Å². The van der Waals surface area contributed by atoms with E-state index < -0.39 is 6.10 Å². The maximum atomic E-state index is 10.4. The molecule has 0 spiro atoms. The fourth-order valence-electron chi connectivity index (χ4n) is 4.17. The largest absolute Gasteiger partial charge is 0.491 e. The Morgan fingerprint density at radius 1 is 0.667 bits per heavy atom. The van der Waals surface area contributed by atoms with Crippen LogP contribution in [-0.4, -0.2) is 37.5 Å².